The van der Waals surface area contributed by atoms with Crippen LogP contribution < -0.4 is 10.6 Å². The van der Waals surface area contributed by atoms with Gasteiger partial charge in [-0.25, -0.2) is 4.79 Å². The number of carbonyl (C=O) groups excluding carboxylic acids is 2. The first-order valence-electron chi connectivity index (χ1n) is 7.63. The minimum absolute atomic E-state index is 0.0182. The van der Waals surface area contributed by atoms with E-state index in [1.165, 1.54) is 11.1 Å². The minimum atomic E-state index is -0.307. The van der Waals surface area contributed by atoms with Crippen molar-refractivity contribution < 1.29 is 9.59 Å². The number of fused-ring (bicyclic) bond motifs is 1. The lowest BCUT2D eigenvalue weighted by atomic mass is 10.1. The Bertz CT molecular complexity index is 532. The van der Waals surface area contributed by atoms with E-state index in [-0.39, 0.29) is 24.5 Å². The van der Waals surface area contributed by atoms with E-state index in [1.54, 1.807) is 11.0 Å². The van der Waals surface area contributed by atoms with Gasteiger partial charge in [-0.05, 0) is 24.0 Å². The van der Waals surface area contributed by atoms with Gasteiger partial charge in [0.05, 0.1) is 6.54 Å². The molecule has 0 radical (unpaired) electrons. The fourth-order valence-electron chi connectivity index (χ4n) is 2.54. The van der Waals surface area contributed by atoms with Gasteiger partial charge in [-0.1, -0.05) is 37.3 Å². The van der Waals surface area contributed by atoms with Gasteiger partial charge in [0.15, 0.2) is 0 Å². The molecule has 1 aromatic rings. The van der Waals surface area contributed by atoms with E-state index in [9.17, 15) is 9.59 Å². The van der Waals surface area contributed by atoms with Gasteiger partial charge in [0.1, 0.15) is 0 Å². The zero-order valence-corrected chi connectivity index (χ0v) is 13.0. The molecule has 5 heteroatoms. The highest BCUT2D eigenvalue weighted by molar-refractivity contribution is 5.84. The van der Waals surface area contributed by atoms with Crippen molar-refractivity contribution in [3.05, 3.63) is 48.0 Å². The highest BCUT2D eigenvalue weighted by Crippen LogP contribution is 2.21. The van der Waals surface area contributed by atoms with Crippen LogP contribution in [0.1, 0.15) is 30.9 Å². The Hall–Kier alpha value is -2.30. The summed E-state index contributed by atoms with van der Waals surface area (Å²) >= 11 is 0. The predicted molar refractivity (Wildman–Crippen MR) is 86.1 cm³/mol. The maximum Gasteiger partial charge on any atom is 0.315 e. The Kier molecular flexibility index (Phi) is 5.58. The Morgan fingerprint density at radius 2 is 1.95 bits per heavy atom. The normalized spacial score (nSPS) is 14.1. The lowest BCUT2D eigenvalue weighted by molar-refractivity contribution is -0.130. The third kappa shape index (κ3) is 4.10. The molecule has 0 saturated heterocycles. The number of nitrogens with one attached hydrogen (secondary N) is 2. The summed E-state index contributed by atoms with van der Waals surface area (Å²) in [6.07, 6.45) is 3.33. The fraction of sp³-hybridized carbons (Fsp3) is 0.412. The van der Waals surface area contributed by atoms with Crippen molar-refractivity contribution in [3.8, 4) is 0 Å². The van der Waals surface area contributed by atoms with Crippen molar-refractivity contribution in [1.29, 1.82) is 0 Å². The van der Waals surface area contributed by atoms with Gasteiger partial charge in [-0.2, -0.15) is 0 Å². The number of nitrogens with zero attached hydrogens (tertiary/aromatic N) is 1. The van der Waals surface area contributed by atoms with Crippen LogP contribution in [0.15, 0.2) is 36.9 Å². The Labute approximate surface area is 131 Å². The second-order valence-corrected chi connectivity index (χ2v) is 5.48. The summed E-state index contributed by atoms with van der Waals surface area (Å²) in [5, 5.41) is 5.47. The monoisotopic (exact) mass is 301 g/mol. The molecule has 0 fully saturated rings. The molecule has 0 unspecified atom stereocenters. The lowest BCUT2D eigenvalue weighted by Gasteiger charge is -2.18. The SMILES string of the molecule is C=CC[C@@H](CC)NC(=O)NCC(=O)N1Cc2ccccc2C1. The van der Waals surface area contributed by atoms with Crippen LogP contribution in [0.4, 0.5) is 4.79 Å². The molecule has 0 saturated carbocycles. The molecule has 0 aromatic heterocycles. The quantitative estimate of drug-likeness (QED) is 0.791. The largest absolute Gasteiger partial charge is 0.335 e. The van der Waals surface area contributed by atoms with Gasteiger partial charge in [0, 0.05) is 19.1 Å². The minimum Gasteiger partial charge on any atom is -0.335 e. The Morgan fingerprint density at radius 1 is 1.32 bits per heavy atom. The number of carbonyl (C=O) groups is 2. The van der Waals surface area contributed by atoms with E-state index < -0.39 is 0 Å². The second kappa shape index (κ2) is 7.64. The Morgan fingerprint density at radius 3 is 2.50 bits per heavy atom. The third-order valence-electron chi connectivity index (χ3n) is 3.87. The molecule has 3 amide bonds. The van der Waals surface area contributed by atoms with Crippen LogP contribution in [-0.2, 0) is 17.9 Å². The van der Waals surface area contributed by atoms with E-state index in [4.69, 9.17) is 0 Å². The standard InChI is InChI=1S/C17H23N3O2/c1-3-7-15(4-2)19-17(22)18-10-16(21)20-11-13-8-5-6-9-14(13)12-20/h3,5-6,8-9,15H,1,4,7,10-12H2,2H3,(H2,18,19,22)/t15-/m1/s1. The van der Waals surface area contributed by atoms with Crippen LogP contribution >= 0.6 is 0 Å². The number of urea groups is 1. The van der Waals surface area contributed by atoms with Gasteiger partial charge < -0.3 is 15.5 Å². The number of hydrogen-bond donors (Lipinski definition) is 2. The molecule has 1 aliphatic heterocycles. The van der Waals surface area contributed by atoms with Crippen LogP contribution in [0, 0.1) is 0 Å². The smallest absolute Gasteiger partial charge is 0.315 e. The maximum absolute atomic E-state index is 12.2. The summed E-state index contributed by atoms with van der Waals surface area (Å²) in [7, 11) is 0. The molecule has 0 bridgehead atoms. The predicted octanol–water partition coefficient (Wildman–Crippen LogP) is 2.18. The molecule has 1 aliphatic rings. The summed E-state index contributed by atoms with van der Waals surface area (Å²) in [5.74, 6) is -0.0666. The molecule has 2 N–H and O–H groups in total. The van der Waals surface area contributed by atoms with Crippen molar-refractivity contribution in [2.24, 2.45) is 0 Å². The van der Waals surface area contributed by atoms with Gasteiger partial charge in [0.25, 0.3) is 0 Å². The summed E-state index contributed by atoms with van der Waals surface area (Å²) in [6.45, 7) is 6.92. The van der Waals surface area contributed by atoms with E-state index in [1.807, 2.05) is 31.2 Å². The number of amides is 3. The molecule has 1 heterocycles. The molecule has 0 spiro atoms. The zero-order chi connectivity index (χ0) is 15.9. The zero-order valence-electron chi connectivity index (χ0n) is 13.0. The first-order valence-corrected chi connectivity index (χ1v) is 7.63. The molecule has 1 atom stereocenters. The summed E-state index contributed by atoms with van der Waals surface area (Å²) < 4.78 is 0. The first-order chi connectivity index (χ1) is 10.6. The van der Waals surface area contributed by atoms with Gasteiger partial charge in [-0.3, -0.25) is 4.79 Å². The van der Waals surface area contributed by atoms with Crippen LogP contribution in [-0.4, -0.2) is 29.4 Å². The molecule has 22 heavy (non-hydrogen) atoms. The number of hydrogen-bond acceptors (Lipinski definition) is 2. The van der Waals surface area contributed by atoms with E-state index >= 15 is 0 Å². The van der Waals surface area contributed by atoms with Crippen molar-refractivity contribution in [1.82, 2.24) is 15.5 Å². The van der Waals surface area contributed by atoms with Crippen LogP contribution in [0.25, 0.3) is 0 Å². The third-order valence-corrected chi connectivity index (χ3v) is 3.87. The highest BCUT2D eigenvalue weighted by atomic mass is 16.2. The van der Waals surface area contributed by atoms with Gasteiger partial charge in [0.2, 0.25) is 5.91 Å². The first kappa shape index (κ1) is 16.1. The van der Waals surface area contributed by atoms with Gasteiger partial charge >= 0.3 is 6.03 Å². The lowest BCUT2D eigenvalue weighted by Crippen LogP contribution is -2.45. The summed E-state index contributed by atoms with van der Waals surface area (Å²) in [6, 6.07) is 7.77. The Balaban J connectivity index is 1.77. The number of rotatable bonds is 6. The van der Waals surface area contributed by atoms with Crippen molar-refractivity contribution in [2.45, 2.75) is 38.9 Å². The highest BCUT2D eigenvalue weighted by Gasteiger charge is 2.23. The molecular formula is C17H23N3O2. The van der Waals surface area contributed by atoms with Crippen molar-refractivity contribution >= 4 is 11.9 Å². The molecular weight excluding hydrogens is 278 g/mol. The van der Waals surface area contributed by atoms with E-state index in [2.05, 4.69) is 17.2 Å². The molecule has 5 nitrogen and oxygen atoms in total. The second-order valence-electron chi connectivity index (χ2n) is 5.48. The van der Waals surface area contributed by atoms with E-state index in [0.29, 0.717) is 13.1 Å². The van der Waals surface area contributed by atoms with Crippen molar-refractivity contribution in [2.75, 3.05) is 6.54 Å². The maximum atomic E-state index is 12.2. The molecule has 2 rings (SSSR count). The summed E-state index contributed by atoms with van der Waals surface area (Å²) in [4.78, 5) is 25.7. The average Bonchev–Trinajstić information content (AvgIpc) is 2.96. The van der Waals surface area contributed by atoms with Gasteiger partial charge in [-0.15, -0.1) is 6.58 Å². The molecule has 0 aliphatic carbocycles. The fourth-order valence-corrected chi connectivity index (χ4v) is 2.54. The van der Waals surface area contributed by atoms with E-state index in [0.717, 1.165) is 12.8 Å². The average molecular weight is 301 g/mol. The molecule has 1 aromatic carbocycles. The molecule has 118 valence electrons. The van der Waals surface area contributed by atoms with Crippen molar-refractivity contribution in [3.63, 3.8) is 0 Å². The van der Waals surface area contributed by atoms with Crippen LogP contribution in [0.2, 0.25) is 0 Å². The van der Waals surface area contributed by atoms with Crippen LogP contribution in [0.3, 0.4) is 0 Å². The number of benzene rings is 1. The van der Waals surface area contributed by atoms with Crippen LogP contribution in [0.5, 0.6) is 0 Å². The summed E-state index contributed by atoms with van der Waals surface area (Å²) in [5.41, 5.74) is 2.36. The topological polar surface area (TPSA) is 61.4 Å².